The van der Waals surface area contributed by atoms with Gasteiger partial charge in [-0.15, -0.1) is 0 Å². The second-order valence-electron chi connectivity index (χ2n) is 15.3. The fourth-order valence-electron chi connectivity index (χ4n) is 7.78. The molecule has 0 spiro atoms. The summed E-state index contributed by atoms with van der Waals surface area (Å²) >= 11 is 0. The van der Waals surface area contributed by atoms with Crippen molar-refractivity contribution in [3.8, 4) is 11.1 Å². The van der Waals surface area contributed by atoms with E-state index in [0.717, 1.165) is 60.9 Å². The second kappa shape index (κ2) is 10.8. The molecule has 4 aliphatic rings. The molecule has 236 valence electrons. The van der Waals surface area contributed by atoms with Gasteiger partial charge in [-0.05, 0) is 126 Å². The molecule has 2 N–H and O–H groups in total. The first-order valence-electron chi connectivity index (χ1n) is 16.1. The molecule has 1 heterocycles. The molecule has 1 amide bonds. The Labute approximate surface area is 259 Å². The van der Waals surface area contributed by atoms with E-state index in [1.54, 1.807) is 13.8 Å². The summed E-state index contributed by atoms with van der Waals surface area (Å²) in [6.07, 6.45) is 7.21. The Morgan fingerprint density at radius 1 is 1.00 bits per heavy atom. The van der Waals surface area contributed by atoms with E-state index in [9.17, 15) is 19.4 Å². The number of rotatable bonds is 9. The summed E-state index contributed by atoms with van der Waals surface area (Å²) in [5.41, 5.74) is 0.299. The third-order valence-corrected chi connectivity index (χ3v) is 10.6. The normalized spacial score (nSPS) is 28.5. The second-order valence-corrected chi connectivity index (χ2v) is 15.3. The summed E-state index contributed by atoms with van der Waals surface area (Å²) in [6.45, 7) is 8.90. The number of alkyl halides is 1. The van der Waals surface area contributed by atoms with Crippen LogP contribution >= 0.6 is 0 Å². The van der Waals surface area contributed by atoms with Crippen LogP contribution in [0.2, 0.25) is 0 Å². The Kier molecular flexibility index (Phi) is 7.56. The summed E-state index contributed by atoms with van der Waals surface area (Å²) in [4.78, 5) is 20.5. The number of halogens is 1. The van der Waals surface area contributed by atoms with Gasteiger partial charge in [0.1, 0.15) is 0 Å². The molecule has 0 unspecified atom stereocenters. The summed E-state index contributed by atoms with van der Waals surface area (Å²) in [5, 5.41) is 24.9. The molecule has 44 heavy (non-hydrogen) atoms. The van der Waals surface area contributed by atoms with Crippen LogP contribution in [0.4, 0.5) is 10.1 Å². The Morgan fingerprint density at radius 3 is 2.18 bits per heavy atom. The number of hydrogen-bond acceptors (Lipinski definition) is 6. The van der Waals surface area contributed by atoms with E-state index in [1.165, 1.54) is 13.8 Å². The number of benzene rings is 2. The van der Waals surface area contributed by atoms with Gasteiger partial charge < -0.3 is 19.6 Å². The Hall–Kier alpha value is -3.10. The zero-order chi connectivity index (χ0) is 31.5. The van der Waals surface area contributed by atoms with Gasteiger partial charge in [0.05, 0.1) is 11.2 Å². The molecule has 0 saturated heterocycles. The minimum Gasteiger partial charge on any atom is -0.390 e. The van der Waals surface area contributed by atoms with Crippen LogP contribution in [0.1, 0.15) is 110 Å². The number of carbonyl (C=O) groups excluding carboxylic acids is 1. The van der Waals surface area contributed by atoms with E-state index in [-0.39, 0.29) is 28.5 Å². The molecule has 2 bridgehead atoms. The molecular weight excluding hydrogens is 557 g/mol. The van der Waals surface area contributed by atoms with E-state index in [2.05, 4.69) is 22.3 Å². The van der Waals surface area contributed by atoms with Crippen LogP contribution in [-0.2, 0) is 21.5 Å². The van der Waals surface area contributed by atoms with Crippen LogP contribution in [-0.4, -0.2) is 38.4 Å². The highest BCUT2D eigenvalue weighted by atomic mass is 19.1. The van der Waals surface area contributed by atoms with Crippen molar-refractivity contribution in [3.05, 3.63) is 65.8 Å². The Balaban J connectivity index is 1.24. The third kappa shape index (κ3) is 6.08. The minimum absolute atomic E-state index is 0.0151. The van der Waals surface area contributed by atoms with E-state index in [4.69, 9.17) is 4.52 Å². The van der Waals surface area contributed by atoms with Gasteiger partial charge in [0.25, 0.3) is 5.89 Å². The first-order valence-corrected chi connectivity index (χ1v) is 16.1. The van der Waals surface area contributed by atoms with Crippen LogP contribution in [0, 0.1) is 11.3 Å². The molecule has 0 atom stereocenters. The van der Waals surface area contributed by atoms with Gasteiger partial charge in [-0.3, -0.25) is 4.79 Å². The topological polar surface area (TPSA) is 99.7 Å². The van der Waals surface area contributed by atoms with Gasteiger partial charge >= 0.3 is 0 Å². The monoisotopic (exact) mass is 603 g/mol. The highest BCUT2D eigenvalue weighted by Crippen LogP contribution is 2.58. The average molecular weight is 604 g/mol. The SMILES string of the molecule is CC1(O)CC(CC(=O)N(CC23CCC(c4noc(C(C)(C)F)n4)(CC2)CC3)c2cccc(-c3ccc(C(C)(C)O)cc3)c2)C1. The smallest absolute Gasteiger partial charge is 0.263 e. The maximum absolute atomic E-state index is 14.5. The summed E-state index contributed by atoms with van der Waals surface area (Å²) in [7, 11) is 0. The molecule has 3 aromatic rings. The van der Waals surface area contributed by atoms with E-state index >= 15 is 0 Å². The minimum atomic E-state index is -1.67. The molecule has 7 nitrogen and oxygen atoms in total. The van der Waals surface area contributed by atoms with Gasteiger partial charge in [-0.2, -0.15) is 4.98 Å². The predicted molar refractivity (Wildman–Crippen MR) is 168 cm³/mol. The van der Waals surface area contributed by atoms with Gasteiger partial charge in [0, 0.05) is 24.1 Å². The van der Waals surface area contributed by atoms with Crippen molar-refractivity contribution in [2.75, 3.05) is 11.4 Å². The number of aliphatic hydroxyl groups is 2. The zero-order valence-corrected chi connectivity index (χ0v) is 26.7. The van der Waals surface area contributed by atoms with E-state index in [1.807, 2.05) is 48.2 Å². The highest BCUT2D eigenvalue weighted by Gasteiger charge is 2.53. The molecule has 4 saturated carbocycles. The summed E-state index contributed by atoms with van der Waals surface area (Å²) in [5.74, 6) is 0.947. The van der Waals surface area contributed by atoms with Gasteiger partial charge in [-0.25, -0.2) is 4.39 Å². The zero-order valence-electron chi connectivity index (χ0n) is 26.7. The standard InChI is InChI=1S/C36H46FN3O4/c1-32(2,37)31-38-30(39-44-31)36-16-13-35(14-17-36,15-18-36)23-40(29(41)19-24-21-34(5,43)22-24)28-8-6-7-26(20-28)25-9-11-27(12-10-25)33(3,4)42/h6-12,20,24,42-43H,13-19,21-23H2,1-5H3. The number of nitrogens with zero attached hydrogens (tertiary/aromatic N) is 3. The number of aromatic nitrogens is 2. The van der Waals surface area contributed by atoms with Crippen LogP contribution in [0.5, 0.6) is 0 Å². The van der Waals surface area contributed by atoms with Crippen molar-refractivity contribution < 1.29 is 23.9 Å². The quantitative estimate of drug-likeness (QED) is 0.265. The number of fused-ring (bicyclic) bond motifs is 3. The van der Waals surface area contributed by atoms with Crippen molar-refractivity contribution in [1.82, 2.24) is 10.1 Å². The maximum atomic E-state index is 14.5. The van der Waals surface area contributed by atoms with Gasteiger partial charge in [-0.1, -0.05) is 41.6 Å². The van der Waals surface area contributed by atoms with Crippen LogP contribution < -0.4 is 4.90 Å². The number of carbonyl (C=O) groups is 1. The molecule has 8 heteroatoms. The molecule has 2 aromatic carbocycles. The lowest BCUT2D eigenvalue weighted by Crippen LogP contribution is -2.51. The fourth-order valence-corrected chi connectivity index (χ4v) is 7.78. The van der Waals surface area contributed by atoms with Crippen molar-refractivity contribution in [2.24, 2.45) is 11.3 Å². The van der Waals surface area contributed by atoms with Crippen LogP contribution in [0.3, 0.4) is 0 Å². The molecule has 1 aromatic heterocycles. The first kappa shape index (κ1) is 30.9. The molecule has 0 aliphatic heterocycles. The van der Waals surface area contributed by atoms with Gasteiger partial charge in [0.15, 0.2) is 11.5 Å². The average Bonchev–Trinajstić information content (AvgIpc) is 3.48. The maximum Gasteiger partial charge on any atom is 0.263 e. The number of amides is 1. The third-order valence-electron chi connectivity index (χ3n) is 10.6. The molecule has 4 fully saturated rings. The first-order chi connectivity index (χ1) is 20.6. The Morgan fingerprint density at radius 2 is 1.64 bits per heavy atom. The largest absolute Gasteiger partial charge is 0.390 e. The molecule has 7 rings (SSSR count). The Bertz CT molecular complexity index is 1480. The van der Waals surface area contributed by atoms with E-state index in [0.29, 0.717) is 31.6 Å². The molecule has 4 aliphatic carbocycles. The lowest BCUT2D eigenvalue weighted by molar-refractivity contribution is -0.124. The van der Waals surface area contributed by atoms with Crippen molar-refractivity contribution in [2.45, 2.75) is 115 Å². The van der Waals surface area contributed by atoms with Crippen molar-refractivity contribution >= 4 is 11.6 Å². The summed E-state index contributed by atoms with van der Waals surface area (Å²) < 4.78 is 19.8. The van der Waals surface area contributed by atoms with Crippen molar-refractivity contribution in [3.63, 3.8) is 0 Å². The highest BCUT2D eigenvalue weighted by molar-refractivity contribution is 5.94. The fraction of sp³-hybridized carbons (Fsp3) is 0.583. The van der Waals surface area contributed by atoms with E-state index < -0.39 is 16.9 Å². The lowest BCUT2D eigenvalue weighted by Gasteiger charge is -2.53. The van der Waals surface area contributed by atoms with Crippen LogP contribution in [0.15, 0.2) is 53.1 Å². The molecule has 0 radical (unpaired) electrons. The van der Waals surface area contributed by atoms with Crippen LogP contribution in [0.25, 0.3) is 11.1 Å². The van der Waals surface area contributed by atoms with Crippen molar-refractivity contribution in [1.29, 1.82) is 0 Å². The van der Waals surface area contributed by atoms with Gasteiger partial charge in [0.2, 0.25) is 5.91 Å². The lowest BCUT2D eigenvalue weighted by atomic mass is 9.53. The number of anilines is 1. The predicted octanol–water partition coefficient (Wildman–Crippen LogP) is 7.34. The molecular formula is C36H46FN3O4. The number of hydrogen-bond donors (Lipinski definition) is 2. The summed E-state index contributed by atoms with van der Waals surface area (Å²) in [6, 6.07) is 16.1.